The van der Waals surface area contributed by atoms with E-state index in [4.69, 9.17) is 14.0 Å². The zero-order chi connectivity index (χ0) is 13.8. The number of benzene rings is 1. The first kappa shape index (κ1) is 13.1. The molecule has 1 aromatic carbocycles. The van der Waals surface area contributed by atoms with Crippen molar-refractivity contribution in [2.24, 2.45) is 0 Å². The Bertz CT molecular complexity index is 564. The Morgan fingerprint density at radius 3 is 3.10 bits per heavy atom. The van der Waals surface area contributed by atoms with Gasteiger partial charge in [-0.05, 0) is 19.1 Å². The normalized spacial score (nSPS) is 18.9. The van der Waals surface area contributed by atoms with E-state index in [1.807, 2.05) is 31.2 Å². The fraction of sp³-hybridized carbons (Fsp3) is 0.429. The first-order valence-electron chi connectivity index (χ1n) is 6.75. The lowest BCUT2D eigenvalue weighted by Gasteiger charge is -2.20. The molecule has 106 valence electrons. The van der Waals surface area contributed by atoms with Crippen molar-refractivity contribution in [1.29, 1.82) is 0 Å². The Hall–Kier alpha value is -1.92. The van der Waals surface area contributed by atoms with Crippen molar-refractivity contribution >= 4 is 0 Å². The molecule has 1 atom stereocenters. The van der Waals surface area contributed by atoms with E-state index < -0.39 is 0 Å². The van der Waals surface area contributed by atoms with Gasteiger partial charge in [-0.3, -0.25) is 0 Å². The van der Waals surface area contributed by atoms with Crippen molar-refractivity contribution in [2.75, 3.05) is 26.4 Å². The molecule has 6 heteroatoms. The van der Waals surface area contributed by atoms with E-state index >= 15 is 0 Å². The maximum absolute atomic E-state index is 5.58. The average molecular weight is 275 g/mol. The topological polar surface area (TPSA) is 69.4 Å². The summed E-state index contributed by atoms with van der Waals surface area (Å²) in [6.07, 6.45) is 0. The van der Waals surface area contributed by atoms with Crippen LogP contribution in [-0.2, 0) is 4.74 Å². The number of morpholine rings is 1. The number of nitrogens with zero attached hydrogens (tertiary/aromatic N) is 2. The maximum atomic E-state index is 5.58. The highest BCUT2D eigenvalue weighted by Gasteiger charge is 2.22. The molecule has 0 aliphatic carbocycles. The van der Waals surface area contributed by atoms with E-state index in [-0.39, 0.29) is 6.04 Å². The maximum Gasteiger partial charge on any atom is 0.261 e. The molecule has 1 aliphatic heterocycles. The van der Waals surface area contributed by atoms with Gasteiger partial charge in [-0.2, -0.15) is 4.98 Å². The van der Waals surface area contributed by atoms with Gasteiger partial charge in [-0.25, -0.2) is 0 Å². The Kier molecular flexibility index (Phi) is 3.94. The Morgan fingerprint density at radius 1 is 1.40 bits per heavy atom. The fourth-order valence-electron chi connectivity index (χ4n) is 2.14. The summed E-state index contributed by atoms with van der Waals surface area (Å²) in [6, 6.07) is 7.63. The van der Waals surface area contributed by atoms with Gasteiger partial charge in [0.2, 0.25) is 0 Å². The molecular formula is C14H17N3O3. The van der Waals surface area contributed by atoms with Crippen LogP contribution in [0, 0.1) is 0 Å². The number of ether oxygens (including phenoxy) is 2. The molecular weight excluding hydrogens is 258 g/mol. The third kappa shape index (κ3) is 2.66. The third-order valence-corrected chi connectivity index (χ3v) is 3.09. The largest absolute Gasteiger partial charge is 0.493 e. The van der Waals surface area contributed by atoms with Gasteiger partial charge in [0.1, 0.15) is 5.75 Å². The predicted molar refractivity (Wildman–Crippen MR) is 72.5 cm³/mol. The third-order valence-electron chi connectivity index (χ3n) is 3.09. The van der Waals surface area contributed by atoms with E-state index in [0.29, 0.717) is 31.5 Å². The van der Waals surface area contributed by atoms with Gasteiger partial charge in [-0.15, -0.1) is 0 Å². The molecule has 0 amide bonds. The Balaban J connectivity index is 1.86. The highest BCUT2D eigenvalue weighted by molar-refractivity contribution is 5.62. The smallest absolute Gasteiger partial charge is 0.261 e. The van der Waals surface area contributed by atoms with Crippen molar-refractivity contribution in [3.05, 3.63) is 30.1 Å². The Morgan fingerprint density at radius 2 is 2.30 bits per heavy atom. The number of hydrogen-bond acceptors (Lipinski definition) is 6. The number of rotatable bonds is 4. The van der Waals surface area contributed by atoms with Crippen LogP contribution < -0.4 is 10.1 Å². The van der Waals surface area contributed by atoms with Crippen LogP contribution in [0.2, 0.25) is 0 Å². The second-order valence-corrected chi connectivity index (χ2v) is 4.47. The summed E-state index contributed by atoms with van der Waals surface area (Å²) in [5.74, 6) is 1.83. The molecule has 1 aliphatic rings. The summed E-state index contributed by atoms with van der Waals surface area (Å²) in [7, 11) is 0. The molecule has 1 unspecified atom stereocenters. The molecule has 6 nitrogen and oxygen atoms in total. The van der Waals surface area contributed by atoms with Crippen molar-refractivity contribution in [3.8, 4) is 17.2 Å². The van der Waals surface area contributed by atoms with Gasteiger partial charge in [0.25, 0.3) is 5.89 Å². The fourth-order valence-corrected chi connectivity index (χ4v) is 2.14. The van der Waals surface area contributed by atoms with Gasteiger partial charge in [-0.1, -0.05) is 17.3 Å². The zero-order valence-electron chi connectivity index (χ0n) is 11.3. The first-order chi connectivity index (χ1) is 9.88. The minimum atomic E-state index is -0.0134. The summed E-state index contributed by atoms with van der Waals surface area (Å²) in [5, 5.41) is 7.33. The van der Waals surface area contributed by atoms with Gasteiger partial charge >= 0.3 is 0 Å². The molecule has 0 bridgehead atoms. The molecule has 0 radical (unpaired) electrons. The lowest BCUT2D eigenvalue weighted by molar-refractivity contribution is 0.0734. The molecule has 20 heavy (non-hydrogen) atoms. The van der Waals surface area contributed by atoms with E-state index in [0.717, 1.165) is 17.9 Å². The second-order valence-electron chi connectivity index (χ2n) is 4.47. The van der Waals surface area contributed by atoms with Crippen LogP contribution >= 0.6 is 0 Å². The van der Waals surface area contributed by atoms with Gasteiger partial charge in [0, 0.05) is 6.54 Å². The predicted octanol–water partition coefficient (Wildman–Crippen LogP) is 1.80. The molecule has 1 saturated heterocycles. The molecule has 3 rings (SSSR count). The number of para-hydroxylation sites is 1. The van der Waals surface area contributed by atoms with Crippen LogP contribution in [0.1, 0.15) is 18.8 Å². The van der Waals surface area contributed by atoms with Gasteiger partial charge < -0.3 is 19.3 Å². The molecule has 1 fully saturated rings. The number of aromatic nitrogens is 2. The molecule has 1 N–H and O–H groups in total. The van der Waals surface area contributed by atoms with Crippen molar-refractivity contribution in [3.63, 3.8) is 0 Å². The molecule has 0 saturated carbocycles. The van der Waals surface area contributed by atoms with Crippen LogP contribution in [0.5, 0.6) is 5.75 Å². The standard InChI is InChI=1S/C14H17N3O3/c1-2-19-12-6-4-3-5-10(12)14-16-13(17-20-14)11-9-18-8-7-15-11/h3-6,11,15H,2,7-9H2,1H3. The summed E-state index contributed by atoms with van der Waals surface area (Å²) in [5.41, 5.74) is 0.810. The van der Waals surface area contributed by atoms with E-state index in [1.54, 1.807) is 0 Å². The first-order valence-corrected chi connectivity index (χ1v) is 6.75. The van der Waals surface area contributed by atoms with Crippen molar-refractivity contribution in [2.45, 2.75) is 13.0 Å². The SMILES string of the molecule is CCOc1ccccc1-c1nc(C2COCCN2)no1. The molecule has 2 heterocycles. The van der Waals surface area contributed by atoms with Crippen molar-refractivity contribution in [1.82, 2.24) is 15.5 Å². The number of nitrogens with one attached hydrogen (secondary N) is 1. The summed E-state index contributed by atoms with van der Waals surface area (Å²) in [6.45, 7) is 4.61. The van der Waals surface area contributed by atoms with Gasteiger partial charge in [0.05, 0.1) is 31.4 Å². The van der Waals surface area contributed by atoms with E-state index in [9.17, 15) is 0 Å². The quantitative estimate of drug-likeness (QED) is 0.917. The summed E-state index contributed by atoms with van der Waals surface area (Å²) in [4.78, 5) is 4.45. The van der Waals surface area contributed by atoms with E-state index in [2.05, 4.69) is 15.5 Å². The monoisotopic (exact) mass is 275 g/mol. The summed E-state index contributed by atoms with van der Waals surface area (Å²) < 4.78 is 16.3. The van der Waals surface area contributed by atoms with E-state index in [1.165, 1.54) is 0 Å². The van der Waals surface area contributed by atoms with Crippen LogP contribution in [-0.4, -0.2) is 36.5 Å². The average Bonchev–Trinajstić information content (AvgIpc) is 2.99. The highest BCUT2D eigenvalue weighted by atomic mass is 16.5. The lowest BCUT2D eigenvalue weighted by atomic mass is 10.2. The summed E-state index contributed by atoms with van der Waals surface area (Å²) >= 11 is 0. The van der Waals surface area contributed by atoms with Crippen LogP contribution in [0.15, 0.2) is 28.8 Å². The minimum absolute atomic E-state index is 0.0134. The molecule has 1 aromatic heterocycles. The molecule has 0 spiro atoms. The van der Waals surface area contributed by atoms with Crippen LogP contribution in [0.25, 0.3) is 11.5 Å². The molecule has 2 aromatic rings. The highest BCUT2D eigenvalue weighted by Crippen LogP contribution is 2.29. The second kappa shape index (κ2) is 6.02. The minimum Gasteiger partial charge on any atom is -0.493 e. The van der Waals surface area contributed by atoms with Crippen LogP contribution in [0.3, 0.4) is 0 Å². The lowest BCUT2D eigenvalue weighted by Crippen LogP contribution is -2.35. The van der Waals surface area contributed by atoms with Gasteiger partial charge in [0.15, 0.2) is 5.82 Å². The number of hydrogen-bond donors (Lipinski definition) is 1. The Labute approximate surface area is 117 Å². The zero-order valence-corrected chi connectivity index (χ0v) is 11.3. The van der Waals surface area contributed by atoms with Crippen molar-refractivity contribution < 1.29 is 14.0 Å². The van der Waals surface area contributed by atoms with Crippen LogP contribution in [0.4, 0.5) is 0 Å².